The van der Waals surface area contributed by atoms with Gasteiger partial charge in [0.05, 0.1) is 24.2 Å². The SMILES string of the molecule is Cc1cc2c(cc1N=CN(C)C1CC1)CCOC21CCCCC1. The van der Waals surface area contributed by atoms with Crippen LogP contribution >= 0.6 is 0 Å². The molecule has 23 heavy (non-hydrogen) atoms. The van der Waals surface area contributed by atoms with Crippen LogP contribution in [0.15, 0.2) is 17.1 Å². The molecule has 1 aromatic carbocycles. The van der Waals surface area contributed by atoms with E-state index in [4.69, 9.17) is 9.73 Å². The Hall–Kier alpha value is -1.35. The molecule has 1 spiro atoms. The van der Waals surface area contributed by atoms with Crippen molar-refractivity contribution in [3.63, 3.8) is 0 Å². The van der Waals surface area contributed by atoms with E-state index in [1.165, 1.54) is 61.6 Å². The van der Waals surface area contributed by atoms with E-state index in [0.29, 0.717) is 0 Å². The highest BCUT2D eigenvalue weighted by molar-refractivity contribution is 5.65. The van der Waals surface area contributed by atoms with E-state index < -0.39 is 0 Å². The van der Waals surface area contributed by atoms with Gasteiger partial charge in [0, 0.05) is 13.1 Å². The van der Waals surface area contributed by atoms with Gasteiger partial charge in [0.25, 0.3) is 0 Å². The number of aliphatic imine (C=N–C) groups is 1. The summed E-state index contributed by atoms with van der Waals surface area (Å²) in [6.45, 7) is 3.05. The van der Waals surface area contributed by atoms with Crippen LogP contribution in [0.1, 0.15) is 61.6 Å². The van der Waals surface area contributed by atoms with Crippen LogP contribution in [-0.2, 0) is 16.8 Å². The molecule has 0 aromatic heterocycles. The number of benzene rings is 1. The molecule has 1 heterocycles. The Balaban J connectivity index is 1.64. The third-order valence-corrected chi connectivity index (χ3v) is 5.83. The molecule has 4 rings (SSSR count). The first-order valence-electron chi connectivity index (χ1n) is 9.22. The van der Waals surface area contributed by atoms with Crippen LogP contribution in [0.4, 0.5) is 5.69 Å². The Morgan fingerprint density at radius 3 is 2.74 bits per heavy atom. The second-order valence-corrected chi connectivity index (χ2v) is 7.59. The van der Waals surface area contributed by atoms with E-state index >= 15 is 0 Å². The third-order valence-electron chi connectivity index (χ3n) is 5.83. The molecule has 0 N–H and O–H groups in total. The number of nitrogens with zero attached hydrogens (tertiary/aromatic N) is 2. The lowest BCUT2D eigenvalue weighted by Gasteiger charge is -2.42. The molecule has 2 saturated carbocycles. The number of hydrogen-bond acceptors (Lipinski definition) is 2. The minimum absolute atomic E-state index is 0.00361. The van der Waals surface area contributed by atoms with Crippen LogP contribution in [0.25, 0.3) is 0 Å². The predicted molar refractivity (Wildman–Crippen MR) is 94.5 cm³/mol. The Kier molecular flexibility index (Phi) is 3.92. The smallest absolute Gasteiger partial charge is 0.0934 e. The van der Waals surface area contributed by atoms with Crippen molar-refractivity contribution in [1.29, 1.82) is 0 Å². The lowest BCUT2D eigenvalue weighted by molar-refractivity contribution is -0.0847. The van der Waals surface area contributed by atoms with Crippen LogP contribution < -0.4 is 0 Å². The number of ether oxygens (including phenoxy) is 1. The van der Waals surface area contributed by atoms with Crippen LogP contribution in [0.2, 0.25) is 0 Å². The number of fused-ring (bicyclic) bond motifs is 2. The molecular weight excluding hydrogens is 284 g/mol. The van der Waals surface area contributed by atoms with Crippen molar-refractivity contribution in [2.45, 2.75) is 69.9 Å². The molecule has 0 bridgehead atoms. The maximum Gasteiger partial charge on any atom is 0.0934 e. The summed E-state index contributed by atoms with van der Waals surface area (Å²) in [5.74, 6) is 0. The van der Waals surface area contributed by atoms with Gasteiger partial charge in [0.15, 0.2) is 0 Å². The lowest BCUT2D eigenvalue weighted by Crippen LogP contribution is -2.37. The summed E-state index contributed by atoms with van der Waals surface area (Å²) in [5, 5.41) is 0. The summed E-state index contributed by atoms with van der Waals surface area (Å²) in [5.41, 5.74) is 5.33. The van der Waals surface area contributed by atoms with Crippen molar-refractivity contribution in [3.8, 4) is 0 Å². The van der Waals surface area contributed by atoms with Gasteiger partial charge >= 0.3 is 0 Å². The maximum absolute atomic E-state index is 6.32. The second kappa shape index (κ2) is 5.94. The molecule has 0 radical (unpaired) electrons. The fourth-order valence-electron chi connectivity index (χ4n) is 4.21. The Morgan fingerprint density at radius 2 is 2.00 bits per heavy atom. The normalized spacial score (nSPS) is 23.2. The standard InChI is InChI=1S/C20H28N2O/c1-15-12-18-16(8-11-23-20(18)9-4-3-5-10-20)13-19(15)21-14-22(2)17-6-7-17/h12-14,17H,3-11H2,1-2H3. The quantitative estimate of drug-likeness (QED) is 0.607. The van der Waals surface area contributed by atoms with Gasteiger partial charge in [-0.3, -0.25) is 0 Å². The van der Waals surface area contributed by atoms with Gasteiger partial charge in [0.2, 0.25) is 0 Å². The maximum atomic E-state index is 6.32. The summed E-state index contributed by atoms with van der Waals surface area (Å²) < 4.78 is 6.32. The zero-order valence-electron chi connectivity index (χ0n) is 14.5. The van der Waals surface area contributed by atoms with Gasteiger partial charge in [0.1, 0.15) is 0 Å². The predicted octanol–water partition coefficient (Wildman–Crippen LogP) is 4.48. The van der Waals surface area contributed by atoms with Crippen LogP contribution in [0.3, 0.4) is 0 Å². The molecule has 1 aromatic rings. The van der Waals surface area contributed by atoms with Crippen molar-refractivity contribution in [3.05, 3.63) is 28.8 Å². The molecular formula is C20H28N2O. The monoisotopic (exact) mass is 312 g/mol. The lowest BCUT2D eigenvalue weighted by atomic mass is 9.75. The first-order chi connectivity index (χ1) is 11.2. The molecule has 1 aliphatic heterocycles. The third kappa shape index (κ3) is 2.91. The minimum atomic E-state index is 0.00361. The Labute approximate surface area is 139 Å². The highest BCUT2D eigenvalue weighted by Crippen LogP contribution is 2.45. The van der Waals surface area contributed by atoms with Gasteiger partial charge in [-0.1, -0.05) is 25.3 Å². The number of rotatable bonds is 3. The fourth-order valence-corrected chi connectivity index (χ4v) is 4.21. The van der Waals surface area contributed by atoms with Crippen molar-refractivity contribution >= 4 is 12.0 Å². The largest absolute Gasteiger partial charge is 0.370 e. The zero-order valence-corrected chi connectivity index (χ0v) is 14.5. The highest BCUT2D eigenvalue weighted by Gasteiger charge is 2.39. The summed E-state index contributed by atoms with van der Waals surface area (Å²) in [4.78, 5) is 7.02. The molecule has 124 valence electrons. The van der Waals surface area contributed by atoms with E-state index in [1.807, 2.05) is 6.34 Å². The Bertz CT molecular complexity index is 612. The van der Waals surface area contributed by atoms with Gasteiger partial charge in [-0.25, -0.2) is 4.99 Å². The van der Waals surface area contributed by atoms with Gasteiger partial charge < -0.3 is 9.64 Å². The molecule has 2 aliphatic carbocycles. The molecule has 3 heteroatoms. The van der Waals surface area contributed by atoms with Gasteiger partial charge in [-0.05, 0) is 61.8 Å². The summed E-state index contributed by atoms with van der Waals surface area (Å²) >= 11 is 0. The first kappa shape index (κ1) is 15.2. The molecule has 3 aliphatic rings. The molecule has 0 saturated heterocycles. The van der Waals surface area contributed by atoms with E-state index in [-0.39, 0.29) is 5.60 Å². The zero-order chi connectivity index (χ0) is 15.9. The first-order valence-corrected chi connectivity index (χ1v) is 9.22. The molecule has 2 fully saturated rings. The van der Waals surface area contributed by atoms with E-state index in [1.54, 1.807) is 0 Å². The topological polar surface area (TPSA) is 24.8 Å². The molecule has 0 atom stereocenters. The highest BCUT2D eigenvalue weighted by atomic mass is 16.5. The van der Waals surface area contributed by atoms with Crippen molar-refractivity contribution in [1.82, 2.24) is 4.90 Å². The minimum Gasteiger partial charge on any atom is -0.370 e. The molecule has 3 nitrogen and oxygen atoms in total. The fraction of sp³-hybridized carbons (Fsp3) is 0.650. The van der Waals surface area contributed by atoms with Crippen LogP contribution in [0.5, 0.6) is 0 Å². The second-order valence-electron chi connectivity index (χ2n) is 7.59. The van der Waals surface area contributed by atoms with E-state index in [9.17, 15) is 0 Å². The van der Waals surface area contributed by atoms with Crippen LogP contribution in [-0.4, -0.2) is 30.9 Å². The number of aryl methyl sites for hydroxylation is 1. The van der Waals surface area contributed by atoms with E-state index in [2.05, 4.69) is 31.0 Å². The van der Waals surface area contributed by atoms with Crippen molar-refractivity contribution < 1.29 is 4.74 Å². The van der Waals surface area contributed by atoms with Gasteiger partial charge in [-0.15, -0.1) is 0 Å². The van der Waals surface area contributed by atoms with Crippen molar-refractivity contribution in [2.75, 3.05) is 13.7 Å². The summed E-state index contributed by atoms with van der Waals surface area (Å²) in [7, 11) is 2.14. The Morgan fingerprint density at radius 1 is 1.22 bits per heavy atom. The average Bonchev–Trinajstić information content (AvgIpc) is 3.40. The molecule has 0 amide bonds. The van der Waals surface area contributed by atoms with Gasteiger partial charge in [-0.2, -0.15) is 0 Å². The van der Waals surface area contributed by atoms with E-state index in [0.717, 1.165) is 24.8 Å². The number of hydrogen-bond donors (Lipinski definition) is 0. The summed E-state index contributed by atoms with van der Waals surface area (Å²) in [6.07, 6.45) is 12.0. The van der Waals surface area contributed by atoms with Crippen LogP contribution in [0, 0.1) is 6.92 Å². The molecule has 0 unspecified atom stereocenters. The summed E-state index contributed by atoms with van der Waals surface area (Å²) in [6, 6.07) is 5.40. The van der Waals surface area contributed by atoms with Crippen molar-refractivity contribution in [2.24, 2.45) is 4.99 Å². The average molecular weight is 312 g/mol.